The van der Waals surface area contributed by atoms with E-state index >= 15 is 0 Å². The van der Waals surface area contributed by atoms with Crippen LogP contribution >= 0.6 is 0 Å². The SMILES string of the molecule is CCCNC(=O)c1cnc(-c2ccccc2O)[nH]1. The molecule has 0 saturated carbocycles. The first-order chi connectivity index (χ1) is 8.72. The van der Waals surface area contributed by atoms with E-state index in [9.17, 15) is 9.90 Å². The van der Waals surface area contributed by atoms with Gasteiger partial charge in [-0.3, -0.25) is 4.79 Å². The number of para-hydroxylation sites is 1. The molecule has 0 aliphatic carbocycles. The van der Waals surface area contributed by atoms with Crippen molar-refractivity contribution in [3.8, 4) is 17.1 Å². The molecule has 94 valence electrons. The molecule has 0 saturated heterocycles. The molecule has 0 aliphatic heterocycles. The summed E-state index contributed by atoms with van der Waals surface area (Å²) in [5.74, 6) is 0.424. The molecule has 0 unspecified atom stereocenters. The van der Waals surface area contributed by atoms with Crippen molar-refractivity contribution in [2.45, 2.75) is 13.3 Å². The van der Waals surface area contributed by atoms with E-state index in [-0.39, 0.29) is 11.7 Å². The van der Waals surface area contributed by atoms with Gasteiger partial charge < -0.3 is 15.4 Å². The zero-order chi connectivity index (χ0) is 13.0. The normalized spacial score (nSPS) is 10.3. The Bertz CT molecular complexity index is 549. The number of rotatable bonds is 4. The highest BCUT2D eigenvalue weighted by Gasteiger charge is 2.11. The molecule has 2 aromatic rings. The first-order valence-corrected chi connectivity index (χ1v) is 5.84. The Morgan fingerprint density at radius 3 is 2.94 bits per heavy atom. The number of phenols is 1. The summed E-state index contributed by atoms with van der Waals surface area (Å²) in [5.41, 5.74) is 0.966. The lowest BCUT2D eigenvalue weighted by Gasteiger charge is -2.01. The molecule has 1 amide bonds. The fourth-order valence-electron chi connectivity index (χ4n) is 1.58. The molecule has 18 heavy (non-hydrogen) atoms. The summed E-state index contributed by atoms with van der Waals surface area (Å²) in [7, 11) is 0. The van der Waals surface area contributed by atoms with Gasteiger partial charge in [-0.05, 0) is 18.6 Å². The number of phenolic OH excluding ortho intramolecular Hbond substituents is 1. The zero-order valence-corrected chi connectivity index (χ0v) is 10.1. The Hall–Kier alpha value is -2.30. The number of aromatic nitrogens is 2. The van der Waals surface area contributed by atoms with E-state index < -0.39 is 0 Å². The number of aromatic amines is 1. The molecule has 5 heteroatoms. The van der Waals surface area contributed by atoms with Crippen molar-refractivity contribution in [3.05, 3.63) is 36.2 Å². The molecule has 0 aliphatic rings. The Morgan fingerprint density at radius 2 is 2.22 bits per heavy atom. The number of benzene rings is 1. The van der Waals surface area contributed by atoms with Crippen LogP contribution in [0.3, 0.4) is 0 Å². The predicted molar refractivity (Wildman–Crippen MR) is 68.3 cm³/mol. The smallest absolute Gasteiger partial charge is 0.269 e. The first-order valence-electron chi connectivity index (χ1n) is 5.84. The standard InChI is InChI=1S/C13H15N3O2/c1-2-7-14-13(18)10-8-15-12(16-10)9-5-3-4-6-11(9)17/h3-6,8,17H,2,7H2,1H3,(H,14,18)(H,15,16). The first kappa shape index (κ1) is 12.2. The van der Waals surface area contributed by atoms with E-state index in [2.05, 4.69) is 15.3 Å². The Kier molecular flexibility index (Phi) is 3.62. The highest BCUT2D eigenvalue weighted by atomic mass is 16.3. The van der Waals surface area contributed by atoms with Gasteiger partial charge in [-0.25, -0.2) is 4.98 Å². The molecule has 0 bridgehead atoms. The number of hydrogen-bond acceptors (Lipinski definition) is 3. The topological polar surface area (TPSA) is 78.0 Å². The van der Waals surface area contributed by atoms with Crippen LogP contribution in [-0.4, -0.2) is 27.5 Å². The molecule has 1 aromatic heterocycles. The van der Waals surface area contributed by atoms with Crippen LogP contribution in [0, 0.1) is 0 Å². The Morgan fingerprint density at radius 1 is 1.44 bits per heavy atom. The number of H-pyrrole nitrogens is 1. The molecule has 0 fully saturated rings. The van der Waals surface area contributed by atoms with E-state index in [1.54, 1.807) is 24.3 Å². The lowest BCUT2D eigenvalue weighted by atomic mass is 10.2. The summed E-state index contributed by atoms with van der Waals surface area (Å²) in [6.07, 6.45) is 2.35. The van der Waals surface area contributed by atoms with Gasteiger partial charge in [-0.2, -0.15) is 0 Å². The van der Waals surface area contributed by atoms with Crippen molar-refractivity contribution in [3.63, 3.8) is 0 Å². The van der Waals surface area contributed by atoms with Gasteiger partial charge in [0, 0.05) is 6.54 Å². The van der Waals surface area contributed by atoms with Crippen molar-refractivity contribution < 1.29 is 9.90 Å². The minimum atomic E-state index is -0.189. The van der Waals surface area contributed by atoms with Crippen LogP contribution < -0.4 is 5.32 Å². The van der Waals surface area contributed by atoms with Crippen LogP contribution in [0.2, 0.25) is 0 Å². The van der Waals surface area contributed by atoms with E-state index in [0.717, 1.165) is 6.42 Å². The van der Waals surface area contributed by atoms with Crippen LogP contribution in [0.1, 0.15) is 23.8 Å². The number of carbonyl (C=O) groups excluding carboxylic acids is 1. The number of aromatic hydroxyl groups is 1. The number of nitrogens with one attached hydrogen (secondary N) is 2. The molecule has 3 N–H and O–H groups in total. The van der Waals surface area contributed by atoms with Gasteiger partial charge in [-0.1, -0.05) is 19.1 Å². The van der Waals surface area contributed by atoms with Gasteiger partial charge >= 0.3 is 0 Å². The van der Waals surface area contributed by atoms with Gasteiger partial charge in [0.2, 0.25) is 0 Å². The maximum atomic E-state index is 11.7. The van der Waals surface area contributed by atoms with E-state index in [0.29, 0.717) is 23.6 Å². The molecule has 0 radical (unpaired) electrons. The fraction of sp³-hybridized carbons (Fsp3) is 0.231. The predicted octanol–water partition coefficient (Wildman–Crippen LogP) is 1.92. The largest absolute Gasteiger partial charge is 0.507 e. The molecule has 0 spiro atoms. The van der Waals surface area contributed by atoms with Crippen LogP contribution in [0.5, 0.6) is 5.75 Å². The number of hydrogen-bond donors (Lipinski definition) is 3. The van der Waals surface area contributed by atoms with Gasteiger partial charge in [0.25, 0.3) is 5.91 Å². The number of carbonyl (C=O) groups is 1. The molecular weight excluding hydrogens is 230 g/mol. The summed E-state index contributed by atoms with van der Waals surface area (Å²) in [6.45, 7) is 2.62. The maximum absolute atomic E-state index is 11.7. The number of amides is 1. The monoisotopic (exact) mass is 245 g/mol. The highest BCUT2D eigenvalue weighted by molar-refractivity contribution is 5.92. The molecule has 5 nitrogen and oxygen atoms in total. The van der Waals surface area contributed by atoms with E-state index in [1.165, 1.54) is 6.20 Å². The summed E-state index contributed by atoms with van der Waals surface area (Å²) < 4.78 is 0. The summed E-state index contributed by atoms with van der Waals surface area (Å²) in [6, 6.07) is 6.85. The lowest BCUT2D eigenvalue weighted by molar-refractivity contribution is 0.0949. The average molecular weight is 245 g/mol. The Balaban J connectivity index is 2.21. The minimum Gasteiger partial charge on any atom is -0.507 e. The van der Waals surface area contributed by atoms with E-state index in [4.69, 9.17) is 0 Å². The molecule has 1 heterocycles. The van der Waals surface area contributed by atoms with Gasteiger partial charge in [0.05, 0.1) is 11.8 Å². The van der Waals surface area contributed by atoms with Crippen LogP contribution in [-0.2, 0) is 0 Å². The van der Waals surface area contributed by atoms with Gasteiger partial charge in [-0.15, -0.1) is 0 Å². The molecule has 2 rings (SSSR count). The number of imidazole rings is 1. The van der Waals surface area contributed by atoms with Crippen molar-refractivity contribution in [2.24, 2.45) is 0 Å². The van der Waals surface area contributed by atoms with Gasteiger partial charge in [0.1, 0.15) is 17.3 Å². The summed E-state index contributed by atoms with van der Waals surface area (Å²) >= 11 is 0. The fourth-order valence-corrected chi connectivity index (χ4v) is 1.58. The second-order valence-corrected chi connectivity index (χ2v) is 3.92. The second-order valence-electron chi connectivity index (χ2n) is 3.92. The number of nitrogens with zero attached hydrogens (tertiary/aromatic N) is 1. The quantitative estimate of drug-likeness (QED) is 0.770. The summed E-state index contributed by atoms with van der Waals surface area (Å²) in [5, 5.41) is 12.4. The van der Waals surface area contributed by atoms with Crippen molar-refractivity contribution in [1.29, 1.82) is 0 Å². The van der Waals surface area contributed by atoms with Crippen molar-refractivity contribution in [1.82, 2.24) is 15.3 Å². The third-order valence-corrected chi connectivity index (χ3v) is 2.52. The maximum Gasteiger partial charge on any atom is 0.269 e. The van der Waals surface area contributed by atoms with Crippen molar-refractivity contribution >= 4 is 5.91 Å². The average Bonchev–Trinajstić information content (AvgIpc) is 2.86. The Labute approximate surface area is 105 Å². The third kappa shape index (κ3) is 2.51. The lowest BCUT2D eigenvalue weighted by Crippen LogP contribution is -2.24. The molecule has 1 aromatic carbocycles. The van der Waals surface area contributed by atoms with E-state index in [1.807, 2.05) is 6.92 Å². The zero-order valence-electron chi connectivity index (χ0n) is 10.1. The summed E-state index contributed by atoms with van der Waals surface area (Å²) in [4.78, 5) is 18.7. The molecular formula is C13H15N3O2. The van der Waals surface area contributed by atoms with Crippen LogP contribution in [0.4, 0.5) is 0 Å². The molecule has 0 atom stereocenters. The highest BCUT2D eigenvalue weighted by Crippen LogP contribution is 2.25. The van der Waals surface area contributed by atoms with Gasteiger partial charge in [0.15, 0.2) is 0 Å². The third-order valence-electron chi connectivity index (χ3n) is 2.52. The van der Waals surface area contributed by atoms with Crippen LogP contribution in [0.15, 0.2) is 30.5 Å². The minimum absolute atomic E-state index is 0.132. The van der Waals surface area contributed by atoms with Crippen LogP contribution in [0.25, 0.3) is 11.4 Å². The second kappa shape index (κ2) is 5.35. The van der Waals surface area contributed by atoms with Crippen molar-refractivity contribution in [2.75, 3.05) is 6.54 Å².